The molecule has 0 saturated carbocycles. The van der Waals surface area contributed by atoms with Gasteiger partial charge in [-0.3, -0.25) is 4.68 Å². The summed E-state index contributed by atoms with van der Waals surface area (Å²) in [4.78, 5) is 4.08. The van der Waals surface area contributed by atoms with Crippen LogP contribution in [-0.4, -0.2) is 21.9 Å². The van der Waals surface area contributed by atoms with Gasteiger partial charge in [0.1, 0.15) is 0 Å². The molecule has 2 aromatic rings. The minimum atomic E-state index is 0.645. The lowest BCUT2D eigenvalue weighted by atomic mass is 10.2. The Bertz CT molecular complexity index is 521. The first-order valence-electron chi connectivity index (χ1n) is 5.88. The molecule has 0 amide bonds. The lowest BCUT2D eigenvalue weighted by Crippen LogP contribution is -2.13. The third-order valence-electron chi connectivity index (χ3n) is 2.77. The second-order valence-corrected chi connectivity index (χ2v) is 4.22. The van der Waals surface area contributed by atoms with Crippen LogP contribution in [0.3, 0.4) is 0 Å². The van der Waals surface area contributed by atoms with Crippen LogP contribution in [0.25, 0.3) is 0 Å². The number of nitrogens with one attached hydrogen (secondary N) is 1. The van der Waals surface area contributed by atoms with Gasteiger partial charge in [-0.05, 0) is 18.6 Å². The van der Waals surface area contributed by atoms with E-state index < -0.39 is 0 Å². The molecule has 0 radical (unpaired) electrons. The normalized spacial score (nSPS) is 10.6. The maximum Gasteiger partial charge on any atom is 0.213 e. The average Bonchev–Trinajstić information content (AvgIpc) is 2.68. The monoisotopic (exact) mass is 246 g/mol. The lowest BCUT2D eigenvalue weighted by molar-refractivity contribution is 0.397. The highest BCUT2D eigenvalue weighted by molar-refractivity contribution is 5.20. The zero-order valence-corrected chi connectivity index (χ0v) is 11.0. The summed E-state index contributed by atoms with van der Waals surface area (Å²) in [6.07, 6.45) is 3.79. The average molecular weight is 246 g/mol. The van der Waals surface area contributed by atoms with Crippen molar-refractivity contribution in [2.75, 3.05) is 7.11 Å². The van der Waals surface area contributed by atoms with Gasteiger partial charge >= 0.3 is 0 Å². The van der Waals surface area contributed by atoms with Gasteiger partial charge in [0.2, 0.25) is 5.88 Å². The third kappa shape index (κ3) is 3.07. The van der Waals surface area contributed by atoms with E-state index in [2.05, 4.69) is 15.4 Å². The van der Waals surface area contributed by atoms with Gasteiger partial charge in [-0.25, -0.2) is 4.98 Å². The second-order valence-electron chi connectivity index (χ2n) is 4.22. The van der Waals surface area contributed by atoms with E-state index in [0.717, 1.165) is 24.3 Å². The van der Waals surface area contributed by atoms with Crippen molar-refractivity contribution < 1.29 is 4.74 Å². The van der Waals surface area contributed by atoms with Gasteiger partial charge in [-0.2, -0.15) is 5.10 Å². The van der Waals surface area contributed by atoms with Gasteiger partial charge in [0, 0.05) is 44.2 Å². The second kappa shape index (κ2) is 5.64. The van der Waals surface area contributed by atoms with Crippen molar-refractivity contribution in [1.29, 1.82) is 0 Å². The maximum absolute atomic E-state index is 5.09. The van der Waals surface area contributed by atoms with Crippen molar-refractivity contribution in [3.05, 3.63) is 41.3 Å². The fourth-order valence-electron chi connectivity index (χ4n) is 1.84. The standard InChI is InChI=1S/C13H18N4O/c1-10-12(9-17(2)16-10)8-14-7-11-4-5-15-13(6-11)18-3/h4-6,9,14H,7-8H2,1-3H3. The van der Waals surface area contributed by atoms with Crippen LogP contribution in [0.2, 0.25) is 0 Å². The van der Waals surface area contributed by atoms with Gasteiger partial charge in [0.15, 0.2) is 0 Å². The number of aromatic nitrogens is 3. The van der Waals surface area contributed by atoms with Crippen LogP contribution >= 0.6 is 0 Å². The molecule has 0 aromatic carbocycles. The quantitative estimate of drug-likeness (QED) is 0.867. The Hall–Kier alpha value is -1.88. The molecule has 5 heteroatoms. The van der Waals surface area contributed by atoms with Crippen molar-refractivity contribution in [1.82, 2.24) is 20.1 Å². The lowest BCUT2D eigenvalue weighted by Gasteiger charge is -2.05. The van der Waals surface area contributed by atoms with Crippen molar-refractivity contribution in [2.45, 2.75) is 20.0 Å². The molecule has 1 N–H and O–H groups in total. The highest BCUT2D eigenvalue weighted by Crippen LogP contribution is 2.09. The minimum Gasteiger partial charge on any atom is -0.481 e. The van der Waals surface area contributed by atoms with Gasteiger partial charge in [-0.15, -0.1) is 0 Å². The van der Waals surface area contributed by atoms with Crippen LogP contribution in [0.5, 0.6) is 5.88 Å². The third-order valence-corrected chi connectivity index (χ3v) is 2.77. The van der Waals surface area contributed by atoms with E-state index in [1.807, 2.05) is 37.0 Å². The summed E-state index contributed by atoms with van der Waals surface area (Å²) >= 11 is 0. The first kappa shape index (κ1) is 12.6. The minimum absolute atomic E-state index is 0.645. The van der Waals surface area contributed by atoms with E-state index in [0.29, 0.717) is 5.88 Å². The Morgan fingerprint density at radius 3 is 2.89 bits per heavy atom. The number of hydrogen-bond acceptors (Lipinski definition) is 4. The fraction of sp³-hybridized carbons (Fsp3) is 0.385. The number of nitrogens with zero attached hydrogens (tertiary/aromatic N) is 3. The van der Waals surface area contributed by atoms with Crippen molar-refractivity contribution in [3.63, 3.8) is 0 Å². The highest BCUT2D eigenvalue weighted by Gasteiger charge is 2.02. The first-order valence-corrected chi connectivity index (χ1v) is 5.88. The van der Waals surface area contributed by atoms with Gasteiger partial charge in [-0.1, -0.05) is 0 Å². The molecule has 0 unspecified atom stereocenters. The predicted molar refractivity (Wildman–Crippen MR) is 69.3 cm³/mol. The molecular formula is C13H18N4O. The molecule has 18 heavy (non-hydrogen) atoms. The molecule has 2 rings (SSSR count). The van der Waals surface area contributed by atoms with Gasteiger partial charge < -0.3 is 10.1 Å². The van der Waals surface area contributed by atoms with E-state index in [1.165, 1.54) is 5.56 Å². The summed E-state index contributed by atoms with van der Waals surface area (Å²) in [5.74, 6) is 0.645. The smallest absolute Gasteiger partial charge is 0.213 e. The van der Waals surface area contributed by atoms with Crippen LogP contribution in [0.4, 0.5) is 0 Å². The number of methoxy groups -OCH3 is 1. The molecule has 0 aliphatic heterocycles. The van der Waals surface area contributed by atoms with Crippen molar-refractivity contribution in [3.8, 4) is 5.88 Å². The van der Waals surface area contributed by atoms with Crippen LogP contribution in [0.1, 0.15) is 16.8 Å². The molecule has 0 bridgehead atoms. The topological polar surface area (TPSA) is 52.0 Å². The Balaban J connectivity index is 1.90. The Morgan fingerprint density at radius 2 is 2.22 bits per heavy atom. The molecule has 2 aromatic heterocycles. The fourth-order valence-corrected chi connectivity index (χ4v) is 1.84. The molecular weight excluding hydrogens is 228 g/mol. The number of ether oxygens (including phenoxy) is 1. The van der Waals surface area contributed by atoms with Gasteiger partial charge in [0.05, 0.1) is 12.8 Å². The number of pyridine rings is 1. The zero-order chi connectivity index (χ0) is 13.0. The summed E-state index contributed by atoms with van der Waals surface area (Å²) in [5, 5.41) is 7.70. The molecule has 0 saturated heterocycles. The number of aryl methyl sites for hydroxylation is 2. The molecule has 96 valence electrons. The van der Waals surface area contributed by atoms with Crippen LogP contribution < -0.4 is 10.1 Å². The summed E-state index contributed by atoms with van der Waals surface area (Å²) in [7, 11) is 3.56. The Kier molecular flexibility index (Phi) is 3.94. The van der Waals surface area contributed by atoms with Gasteiger partial charge in [0.25, 0.3) is 0 Å². The van der Waals surface area contributed by atoms with E-state index in [9.17, 15) is 0 Å². The zero-order valence-electron chi connectivity index (χ0n) is 11.0. The van der Waals surface area contributed by atoms with Crippen LogP contribution in [-0.2, 0) is 20.1 Å². The maximum atomic E-state index is 5.09. The molecule has 0 aliphatic rings. The Morgan fingerprint density at radius 1 is 1.39 bits per heavy atom. The molecule has 0 spiro atoms. The summed E-state index contributed by atoms with van der Waals surface area (Å²) < 4.78 is 6.92. The largest absolute Gasteiger partial charge is 0.481 e. The van der Waals surface area contributed by atoms with E-state index in [4.69, 9.17) is 4.74 Å². The SMILES string of the molecule is COc1cc(CNCc2cn(C)nc2C)ccn1. The molecule has 0 atom stereocenters. The first-order chi connectivity index (χ1) is 8.69. The van der Waals surface area contributed by atoms with Crippen molar-refractivity contribution >= 4 is 0 Å². The number of hydrogen-bond donors (Lipinski definition) is 1. The summed E-state index contributed by atoms with van der Waals surface area (Å²) in [5.41, 5.74) is 3.44. The molecule has 5 nitrogen and oxygen atoms in total. The van der Waals surface area contributed by atoms with E-state index in [1.54, 1.807) is 13.3 Å². The van der Waals surface area contributed by atoms with Crippen molar-refractivity contribution in [2.24, 2.45) is 7.05 Å². The Labute approximate surface area is 107 Å². The molecule has 2 heterocycles. The van der Waals surface area contributed by atoms with Crippen LogP contribution in [0.15, 0.2) is 24.5 Å². The molecule has 0 aliphatic carbocycles. The molecule has 0 fully saturated rings. The summed E-state index contributed by atoms with van der Waals surface area (Å²) in [6.45, 7) is 3.62. The highest BCUT2D eigenvalue weighted by atomic mass is 16.5. The predicted octanol–water partition coefficient (Wildman–Crippen LogP) is 1.42. The summed E-state index contributed by atoms with van der Waals surface area (Å²) in [6, 6.07) is 3.91. The van der Waals surface area contributed by atoms with Crippen LogP contribution in [0, 0.1) is 6.92 Å². The van der Waals surface area contributed by atoms with E-state index >= 15 is 0 Å². The van der Waals surface area contributed by atoms with E-state index in [-0.39, 0.29) is 0 Å². The number of rotatable bonds is 5.